The van der Waals surface area contributed by atoms with Crippen molar-refractivity contribution < 1.29 is 14.3 Å². The van der Waals surface area contributed by atoms with Gasteiger partial charge >= 0.3 is 0 Å². The molecule has 0 aliphatic rings. The maximum absolute atomic E-state index is 12.3. The zero-order valence-corrected chi connectivity index (χ0v) is 14.1. The van der Waals surface area contributed by atoms with Crippen LogP contribution in [0.15, 0.2) is 79.9 Å². The summed E-state index contributed by atoms with van der Waals surface area (Å²) < 4.78 is 5.51. The number of ether oxygens (including phenoxy) is 1. The van der Waals surface area contributed by atoms with Crippen molar-refractivity contribution in [2.45, 2.75) is 0 Å². The molecule has 0 fully saturated rings. The molecule has 0 heterocycles. The van der Waals surface area contributed by atoms with Crippen molar-refractivity contribution in [3.05, 3.63) is 91.0 Å². The summed E-state index contributed by atoms with van der Waals surface area (Å²) in [5.74, 6) is 0.339. The Bertz CT molecular complexity index is 725. The summed E-state index contributed by atoms with van der Waals surface area (Å²) in [6.07, 6.45) is 3.32. The standard InChI is InChI=1S/C21H21NO3/c1-3-14-22(15-4-2)20(23)16-25-19-12-10-18(11-13-19)21(24)17-8-6-5-7-9-17/h3-13H,1-2,14-16H2. The van der Waals surface area contributed by atoms with E-state index in [9.17, 15) is 9.59 Å². The molecule has 0 aliphatic carbocycles. The molecule has 0 aromatic heterocycles. The Balaban J connectivity index is 1.96. The van der Waals surface area contributed by atoms with Crippen molar-refractivity contribution in [1.82, 2.24) is 4.90 Å². The molecule has 0 radical (unpaired) electrons. The van der Waals surface area contributed by atoms with Gasteiger partial charge in [0.2, 0.25) is 0 Å². The molecule has 0 saturated carbocycles. The van der Waals surface area contributed by atoms with Gasteiger partial charge < -0.3 is 9.64 Å². The normalized spacial score (nSPS) is 9.92. The van der Waals surface area contributed by atoms with Crippen LogP contribution in [0.25, 0.3) is 0 Å². The van der Waals surface area contributed by atoms with Crippen LogP contribution in [0.3, 0.4) is 0 Å². The predicted octanol–water partition coefficient (Wildman–Crippen LogP) is 3.50. The summed E-state index contributed by atoms with van der Waals surface area (Å²) in [5, 5.41) is 0. The molecule has 2 aromatic rings. The second-order valence-electron chi connectivity index (χ2n) is 5.38. The van der Waals surface area contributed by atoms with E-state index in [1.165, 1.54) is 0 Å². The van der Waals surface area contributed by atoms with E-state index in [0.717, 1.165) is 0 Å². The van der Waals surface area contributed by atoms with E-state index in [2.05, 4.69) is 13.2 Å². The molecule has 0 saturated heterocycles. The van der Waals surface area contributed by atoms with Crippen LogP contribution in [0.1, 0.15) is 15.9 Å². The highest BCUT2D eigenvalue weighted by Crippen LogP contribution is 2.15. The Labute approximate surface area is 148 Å². The first-order valence-corrected chi connectivity index (χ1v) is 7.98. The number of ketones is 1. The molecule has 0 N–H and O–H groups in total. The molecule has 4 heteroatoms. The molecule has 0 atom stereocenters. The van der Waals surface area contributed by atoms with E-state index in [0.29, 0.717) is 30.0 Å². The lowest BCUT2D eigenvalue weighted by Gasteiger charge is -2.19. The molecule has 0 spiro atoms. The summed E-state index contributed by atoms with van der Waals surface area (Å²) in [6, 6.07) is 15.8. The highest BCUT2D eigenvalue weighted by atomic mass is 16.5. The van der Waals surface area contributed by atoms with Crippen LogP contribution < -0.4 is 4.74 Å². The van der Waals surface area contributed by atoms with Gasteiger partial charge in [0.05, 0.1) is 0 Å². The topological polar surface area (TPSA) is 46.6 Å². The highest BCUT2D eigenvalue weighted by Gasteiger charge is 2.12. The molecule has 25 heavy (non-hydrogen) atoms. The SMILES string of the molecule is C=CCN(CC=C)C(=O)COc1ccc(C(=O)c2ccccc2)cc1. The number of hydrogen-bond acceptors (Lipinski definition) is 3. The second kappa shape index (κ2) is 9.23. The molecule has 4 nitrogen and oxygen atoms in total. The zero-order chi connectivity index (χ0) is 18.1. The van der Waals surface area contributed by atoms with Crippen LogP contribution in [0.4, 0.5) is 0 Å². The van der Waals surface area contributed by atoms with E-state index in [-0.39, 0.29) is 18.3 Å². The zero-order valence-electron chi connectivity index (χ0n) is 14.1. The van der Waals surface area contributed by atoms with Crippen molar-refractivity contribution >= 4 is 11.7 Å². The first-order valence-electron chi connectivity index (χ1n) is 7.98. The maximum Gasteiger partial charge on any atom is 0.261 e. The average Bonchev–Trinajstić information content (AvgIpc) is 2.66. The van der Waals surface area contributed by atoms with Crippen LogP contribution in [0.2, 0.25) is 0 Å². The van der Waals surface area contributed by atoms with Gasteiger partial charge in [-0.3, -0.25) is 9.59 Å². The quantitative estimate of drug-likeness (QED) is 0.520. The van der Waals surface area contributed by atoms with Crippen molar-refractivity contribution in [3.63, 3.8) is 0 Å². The molecule has 128 valence electrons. The van der Waals surface area contributed by atoms with Gasteiger partial charge in [-0.25, -0.2) is 0 Å². The first kappa shape index (κ1) is 18.2. The van der Waals surface area contributed by atoms with Gasteiger partial charge in [0.25, 0.3) is 5.91 Å². The number of nitrogens with zero attached hydrogens (tertiary/aromatic N) is 1. The fraction of sp³-hybridized carbons (Fsp3) is 0.143. The van der Waals surface area contributed by atoms with E-state index in [4.69, 9.17) is 4.74 Å². The Morgan fingerprint density at radius 1 is 0.880 bits per heavy atom. The third-order valence-corrected chi connectivity index (χ3v) is 3.57. The molecule has 0 aliphatic heterocycles. The van der Waals surface area contributed by atoms with Crippen LogP contribution >= 0.6 is 0 Å². The summed E-state index contributed by atoms with van der Waals surface area (Å²) in [4.78, 5) is 26.0. The monoisotopic (exact) mass is 335 g/mol. The Morgan fingerprint density at radius 3 is 2.00 bits per heavy atom. The second-order valence-corrected chi connectivity index (χ2v) is 5.38. The fourth-order valence-electron chi connectivity index (χ4n) is 2.28. The van der Waals surface area contributed by atoms with Gasteiger partial charge in [-0.05, 0) is 24.3 Å². The number of hydrogen-bond donors (Lipinski definition) is 0. The lowest BCUT2D eigenvalue weighted by molar-refractivity contribution is -0.132. The molecular weight excluding hydrogens is 314 g/mol. The van der Waals surface area contributed by atoms with Crippen LogP contribution in [0.5, 0.6) is 5.75 Å². The number of carbonyl (C=O) groups excluding carboxylic acids is 2. The van der Waals surface area contributed by atoms with Gasteiger partial charge in [0.15, 0.2) is 12.4 Å². The summed E-state index contributed by atoms with van der Waals surface area (Å²) >= 11 is 0. The van der Waals surface area contributed by atoms with Gasteiger partial charge in [0.1, 0.15) is 5.75 Å². The van der Waals surface area contributed by atoms with Crippen molar-refractivity contribution in [2.75, 3.05) is 19.7 Å². The Morgan fingerprint density at radius 2 is 1.44 bits per heavy atom. The van der Waals surface area contributed by atoms with E-state index in [1.807, 2.05) is 18.2 Å². The minimum absolute atomic E-state index is 0.0497. The Kier molecular flexibility index (Phi) is 6.72. The Hall–Kier alpha value is -3.14. The maximum atomic E-state index is 12.3. The highest BCUT2D eigenvalue weighted by molar-refractivity contribution is 6.08. The van der Waals surface area contributed by atoms with Crippen molar-refractivity contribution in [2.24, 2.45) is 0 Å². The number of carbonyl (C=O) groups is 2. The molecule has 2 rings (SSSR count). The van der Waals surface area contributed by atoms with E-state index in [1.54, 1.807) is 53.5 Å². The molecule has 1 amide bonds. The lowest BCUT2D eigenvalue weighted by Crippen LogP contribution is -2.35. The smallest absolute Gasteiger partial charge is 0.261 e. The number of amides is 1. The number of benzene rings is 2. The van der Waals surface area contributed by atoms with Gasteiger partial charge in [-0.2, -0.15) is 0 Å². The average molecular weight is 335 g/mol. The van der Waals surface area contributed by atoms with Gasteiger partial charge in [-0.15, -0.1) is 13.2 Å². The lowest BCUT2D eigenvalue weighted by atomic mass is 10.0. The number of rotatable bonds is 9. The van der Waals surface area contributed by atoms with Gasteiger partial charge in [-0.1, -0.05) is 42.5 Å². The van der Waals surface area contributed by atoms with E-state index >= 15 is 0 Å². The largest absolute Gasteiger partial charge is 0.484 e. The van der Waals surface area contributed by atoms with E-state index < -0.39 is 0 Å². The fourth-order valence-corrected chi connectivity index (χ4v) is 2.28. The summed E-state index contributed by atoms with van der Waals surface area (Å²) in [6.45, 7) is 8.08. The molecular formula is C21H21NO3. The van der Waals surface area contributed by atoms with Crippen LogP contribution in [-0.4, -0.2) is 36.3 Å². The summed E-state index contributed by atoms with van der Waals surface area (Å²) in [5.41, 5.74) is 1.21. The van der Waals surface area contributed by atoms with Gasteiger partial charge in [0, 0.05) is 24.2 Å². The molecule has 2 aromatic carbocycles. The minimum atomic E-state index is -0.149. The first-order chi connectivity index (χ1) is 12.2. The predicted molar refractivity (Wildman–Crippen MR) is 98.8 cm³/mol. The van der Waals surface area contributed by atoms with Crippen LogP contribution in [0, 0.1) is 0 Å². The third kappa shape index (κ3) is 5.18. The third-order valence-electron chi connectivity index (χ3n) is 3.57. The minimum Gasteiger partial charge on any atom is -0.484 e. The van der Waals surface area contributed by atoms with Crippen LogP contribution in [-0.2, 0) is 4.79 Å². The molecule has 0 unspecified atom stereocenters. The van der Waals surface area contributed by atoms with Crippen molar-refractivity contribution in [1.29, 1.82) is 0 Å². The molecule has 0 bridgehead atoms. The van der Waals surface area contributed by atoms with Crippen molar-refractivity contribution in [3.8, 4) is 5.75 Å². The summed E-state index contributed by atoms with van der Waals surface area (Å²) in [7, 11) is 0.